The van der Waals surface area contributed by atoms with E-state index in [0.29, 0.717) is 39.5 Å². The van der Waals surface area contributed by atoms with Crippen LogP contribution in [-0.2, 0) is 0 Å². The summed E-state index contributed by atoms with van der Waals surface area (Å²) in [6.45, 7) is 1.80. The number of hydrogen-bond donors (Lipinski definition) is 1. The van der Waals surface area contributed by atoms with Gasteiger partial charge in [-0.3, -0.25) is 0 Å². The van der Waals surface area contributed by atoms with Crippen molar-refractivity contribution >= 4 is 32.9 Å². The van der Waals surface area contributed by atoms with E-state index >= 15 is 0 Å². The minimum absolute atomic E-state index is 0.0490. The number of furan rings is 1. The maximum atomic E-state index is 13.0. The van der Waals surface area contributed by atoms with E-state index in [0.717, 1.165) is 9.86 Å². The van der Waals surface area contributed by atoms with Crippen molar-refractivity contribution in [1.82, 2.24) is 0 Å². The van der Waals surface area contributed by atoms with Crippen molar-refractivity contribution in [3.05, 3.63) is 93.0 Å². The predicted molar refractivity (Wildman–Crippen MR) is 139 cm³/mol. The lowest BCUT2D eigenvalue weighted by Gasteiger charge is -2.28. The fourth-order valence-corrected chi connectivity index (χ4v) is 4.77. The molecule has 0 bridgehead atoms. The average Bonchev–Trinajstić information content (AvgIpc) is 3.22. The number of allylic oxidation sites excluding steroid dienone is 1. The molecule has 0 amide bonds. The number of rotatable bonds is 5. The van der Waals surface area contributed by atoms with Crippen molar-refractivity contribution in [3.8, 4) is 29.1 Å². The molecule has 37 heavy (non-hydrogen) atoms. The fraction of sp³-hybridized carbons (Fsp3) is 0.143. The Bertz CT molecular complexity index is 1630. The van der Waals surface area contributed by atoms with Crippen molar-refractivity contribution in [2.75, 3.05) is 14.2 Å². The summed E-state index contributed by atoms with van der Waals surface area (Å²) in [7, 11) is 3.11. The number of halogens is 1. The van der Waals surface area contributed by atoms with Crippen molar-refractivity contribution in [2.45, 2.75) is 12.8 Å². The smallest absolute Gasteiger partial charge is 0.379 e. The zero-order valence-corrected chi connectivity index (χ0v) is 21.7. The first kappa shape index (κ1) is 24.3. The van der Waals surface area contributed by atoms with Crippen molar-refractivity contribution < 1.29 is 28.2 Å². The third-order valence-corrected chi connectivity index (χ3v) is 6.73. The van der Waals surface area contributed by atoms with Gasteiger partial charge in [-0.2, -0.15) is 5.26 Å². The van der Waals surface area contributed by atoms with Gasteiger partial charge < -0.3 is 29.1 Å². The Morgan fingerprint density at radius 3 is 2.54 bits per heavy atom. The molecule has 3 aromatic carbocycles. The Balaban J connectivity index is 1.53. The van der Waals surface area contributed by atoms with Crippen molar-refractivity contribution in [3.63, 3.8) is 0 Å². The Hall–Kier alpha value is -4.42. The van der Waals surface area contributed by atoms with Gasteiger partial charge in [-0.05, 0) is 49.4 Å². The minimum Gasteiger partial charge on any atom is -0.497 e. The van der Waals surface area contributed by atoms with Crippen LogP contribution in [0.3, 0.4) is 0 Å². The summed E-state index contributed by atoms with van der Waals surface area (Å²) in [5.41, 5.74) is 8.96. The van der Waals surface area contributed by atoms with Crippen LogP contribution >= 0.6 is 15.9 Å². The predicted octanol–water partition coefficient (Wildman–Crippen LogP) is 5.96. The molecule has 8 nitrogen and oxygen atoms in total. The van der Waals surface area contributed by atoms with Crippen LogP contribution < -0.4 is 24.7 Å². The molecule has 0 fully saturated rings. The second kappa shape index (κ2) is 9.56. The highest BCUT2D eigenvalue weighted by molar-refractivity contribution is 9.10. The zero-order valence-electron chi connectivity index (χ0n) is 20.1. The number of methoxy groups -OCH3 is 2. The van der Waals surface area contributed by atoms with Gasteiger partial charge in [-0.1, -0.05) is 22.0 Å². The molecule has 1 aliphatic heterocycles. The molecular formula is C28H21BrN2O6. The van der Waals surface area contributed by atoms with E-state index in [9.17, 15) is 10.1 Å². The first-order chi connectivity index (χ1) is 17.8. The molecule has 2 heterocycles. The van der Waals surface area contributed by atoms with Gasteiger partial charge in [0.1, 0.15) is 40.2 Å². The summed E-state index contributed by atoms with van der Waals surface area (Å²) >= 11 is 3.41. The molecule has 4 aromatic rings. The molecule has 0 radical (unpaired) electrons. The lowest BCUT2D eigenvalue weighted by Crippen LogP contribution is -2.21. The Labute approximate surface area is 220 Å². The fourth-order valence-electron chi connectivity index (χ4n) is 4.43. The lowest BCUT2D eigenvalue weighted by molar-refractivity contribution is 0.0702. The van der Waals surface area contributed by atoms with E-state index in [-0.39, 0.29) is 23.0 Å². The highest BCUT2D eigenvalue weighted by Gasteiger charge is 2.33. The summed E-state index contributed by atoms with van der Waals surface area (Å²) in [5.74, 6) is 0.563. The van der Waals surface area contributed by atoms with E-state index in [4.69, 9.17) is 29.1 Å². The van der Waals surface area contributed by atoms with Crippen LogP contribution in [-0.4, -0.2) is 20.2 Å². The quantitative estimate of drug-likeness (QED) is 0.235. The largest absolute Gasteiger partial charge is 0.497 e. The van der Waals surface area contributed by atoms with Gasteiger partial charge in [-0.25, -0.2) is 4.79 Å². The number of fused-ring (bicyclic) bond motifs is 2. The van der Waals surface area contributed by atoms with Gasteiger partial charge in [0.05, 0.1) is 20.1 Å². The van der Waals surface area contributed by atoms with Gasteiger partial charge in [-0.15, -0.1) is 0 Å². The van der Waals surface area contributed by atoms with Crippen LogP contribution in [0.1, 0.15) is 33.2 Å². The summed E-state index contributed by atoms with van der Waals surface area (Å²) in [4.78, 5) is 13.0. The molecule has 186 valence electrons. The molecule has 5 rings (SSSR count). The summed E-state index contributed by atoms with van der Waals surface area (Å²) in [5, 5.41) is 10.7. The molecule has 1 aliphatic rings. The Morgan fingerprint density at radius 1 is 1.03 bits per heavy atom. The van der Waals surface area contributed by atoms with Gasteiger partial charge in [0.2, 0.25) is 11.6 Å². The topological polar surface area (TPSA) is 117 Å². The lowest BCUT2D eigenvalue weighted by atomic mass is 9.83. The number of esters is 1. The third-order valence-electron chi connectivity index (χ3n) is 6.23. The molecule has 9 heteroatoms. The Kier molecular flexibility index (Phi) is 6.27. The van der Waals surface area contributed by atoms with E-state index in [1.54, 1.807) is 63.6 Å². The van der Waals surface area contributed by atoms with Crippen LogP contribution in [0, 0.1) is 18.3 Å². The normalized spacial score (nSPS) is 14.5. The van der Waals surface area contributed by atoms with E-state index < -0.39 is 11.9 Å². The van der Waals surface area contributed by atoms with Crippen LogP contribution in [0.15, 0.2) is 74.9 Å². The number of hydrogen-bond acceptors (Lipinski definition) is 8. The van der Waals surface area contributed by atoms with Crippen LogP contribution in [0.2, 0.25) is 0 Å². The van der Waals surface area contributed by atoms with Gasteiger partial charge in [0.15, 0.2) is 0 Å². The SMILES string of the molecule is COc1ccc(OC)c(C2C(C#N)=C(N)Oc3cc(OC(=O)c4oc5cc(Br)ccc5c4C)ccc32)c1. The second-order valence-electron chi connectivity index (χ2n) is 8.32. The summed E-state index contributed by atoms with van der Waals surface area (Å²) in [6.07, 6.45) is 0. The Morgan fingerprint density at radius 2 is 1.81 bits per heavy atom. The number of benzene rings is 3. The van der Waals surface area contributed by atoms with Crippen LogP contribution in [0.5, 0.6) is 23.0 Å². The first-order valence-electron chi connectivity index (χ1n) is 11.2. The number of nitriles is 1. The highest BCUT2D eigenvalue weighted by Crippen LogP contribution is 2.46. The summed E-state index contributed by atoms with van der Waals surface area (Å²) in [6, 6.07) is 17.9. The molecular weight excluding hydrogens is 540 g/mol. The second-order valence-corrected chi connectivity index (χ2v) is 9.23. The van der Waals surface area contributed by atoms with E-state index in [2.05, 4.69) is 22.0 Å². The monoisotopic (exact) mass is 560 g/mol. The number of ether oxygens (including phenoxy) is 4. The molecule has 0 saturated carbocycles. The van der Waals surface area contributed by atoms with Crippen molar-refractivity contribution in [1.29, 1.82) is 5.26 Å². The number of carbonyl (C=O) groups is 1. The maximum Gasteiger partial charge on any atom is 0.379 e. The van der Waals surface area contributed by atoms with Gasteiger partial charge in [0, 0.05) is 32.6 Å². The van der Waals surface area contributed by atoms with E-state index in [1.807, 2.05) is 12.1 Å². The minimum atomic E-state index is -0.646. The molecule has 1 atom stereocenters. The molecule has 1 unspecified atom stereocenters. The summed E-state index contributed by atoms with van der Waals surface area (Å²) < 4.78 is 29.0. The van der Waals surface area contributed by atoms with Crippen LogP contribution in [0.25, 0.3) is 11.0 Å². The molecule has 0 saturated heterocycles. The van der Waals surface area contributed by atoms with Crippen molar-refractivity contribution in [2.24, 2.45) is 5.73 Å². The molecule has 0 spiro atoms. The number of nitrogens with zero attached hydrogens (tertiary/aromatic N) is 1. The van der Waals surface area contributed by atoms with E-state index in [1.165, 1.54) is 0 Å². The zero-order chi connectivity index (χ0) is 26.3. The molecule has 1 aromatic heterocycles. The third kappa shape index (κ3) is 4.26. The average molecular weight is 561 g/mol. The highest BCUT2D eigenvalue weighted by atomic mass is 79.9. The molecule has 2 N–H and O–H groups in total. The van der Waals surface area contributed by atoms with Gasteiger partial charge >= 0.3 is 5.97 Å². The first-order valence-corrected chi connectivity index (χ1v) is 12.0. The number of nitrogens with two attached hydrogens (primary N) is 1. The standard InChI is InChI=1S/C28H21BrN2O6/c1-14-18-7-4-15(29)10-23(18)36-26(14)28(32)35-17-5-8-19-24(12-17)37-27(31)21(13-30)25(19)20-11-16(33-2)6-9-22(20)34-3/h4-12,25H,31H2,1-3H3. The number of aryl methyl sites for hydroxylation is 1. The van der Waals surface area contributed by atoms with Gasteiger partial charge in [0.25, 0.3) is 0 Å². The molecule has 0 aliphatic carbocycles. The maximum absolute atomic E-state index is 13.0. The van der Waals surface area contributed by atoms with Crippen LogP contribution in [0.4, 0.5) is 0 Å². The number of carbonyl (C=O) groups excluding carboxylic acids is 1.